The van der Waals surface area contributed by atoms with Crippen molar-refractivity contribution in [3.63, 3.8) is 0 Å². The summed E-state index contributed by atoms with van der Waals surface area (Å²) in [7, 11) is 0. The molecule has 11 aromatic rings. The Hall–Kier alpha value is -6.87. The van der Waals surface area contributed by atoms with Crippen molar-refractivity contribution >= 4 is 65.0 Å². The molecule has 0 bridgehead atoms. The highest BCUT2D eigenvalue weighted by atomic mass is 32.1. The van der Waals surface area contributed by atoms with Gasteiger partial charge in [-0.05, 0) is 77.9 Å². The van der Waals surface area contributed by atoms with Gasteiger partial charge in [0.15, 0.2) is 17.5 Å². The number of fused-ring (bicyclic) bond motifs is 5. The first-order valence-electron chi connectivity index (χ1n) is 17.9. The molecule has 4 aromatic heterocycles. The molecule has 0 saturated heterocycles. The number of furan rings is 1. The van der Waals surface area contributed by atoms with E-state index in [1.807, 2.05) is 66.7 Å². The van der Waals surface area contributed by atoms with Gasteiger partial charge in [0.25, 0.3) is 0 Å². The van der Waals surface area contributed by atoms with Crippen LogP contribution in [0, 0.1) is 0 Å². The molecule has 7 aromatic carbocycles. The second-order valence-electron chi connectivity index (χ2n) is 13.3. The molecule has 6 nitrogen and oxygen atoms in total. The van der Waals surface area contributed by atoms with E-state index in [-0.39, 0.29) is 0 Å². The van der Waals surface area contributed by atoms with Gasteiger partial charge in [0.05, 0.1) is 20.4 Å². The fraction of sp³-hybridized carbons (Fsp3) is 0. The molecule has 11 rings (SSSR count). The molecule has 4 heterocycles. The van der Waals surface area contributed by atoms with Crippen molar-refractivity contribution in [1.29, 1.82) is 0 Å². The van der Waals surface area contributed by atoms with E-state index < -0.39 is 0 Å². The lowest BCUT2D eigenvalue weighted by Crippen LogP contribution is -2.00. The van der Waals surface area contributed by atoms with Crippen molar-refractivity contribution in [2.75, 3.05) is 0 Å². The van der Waals surface area contributed by atoms with Crippen LogP contribution in [0.3, 0.4) is 0 Å². The van der Waals surface area contributed by atoms with Crippen molar-refractivity contribution < 1.29 is 4.42 Å². The second-order valence-corrected chi connectivity index (χ2v) is 15.4. The molecule has 0 aliphatic carbocycles. The van der Waals surface area contributed by atoms with Crippen LogP contribution >= 0.6 is 22.7 Å². The molecular weight excluding hydrogens is 715 g/mol. The molecule has 0 saturated carbocycles. The Labute approximate surface area is 323 Å². The van der Waals surface area contributed by atoms with Crippen LogP contribution in [0.4, 0.5) is 0 Å². The van der Waals surface area contributed by atoms with Gasteiger partial charge in [-0.2, -0.15) is 0 Å². The van der Waals surface area contributed by atoms with E-state index in [0.29, 0.717) is 17.5 Å². The third kappa shape index (κ3) is 5.76. The lowest BCUT2D eigenvalue weighted by molar-refractivity contribution is 0.669. The molecule has 8 heteroatoms. The van der Waals surface area contributed by atoms with Crippen LogP contribution < -0.4 is 0 Å². The van der Waals surface area contributed by atoms with Crippen molar-refractivity contribution in [2.24, 2.45) is 0 Å². The first kappa shape index (κ1) is 31.6. The monoisotopic (exact) mass is 741 g/mol. The van der Waals surface area contributed by atoms with Gasteiger partial charge in [-0.3, -0.25) is 0 Å². The Balaban J connectivity index is 1.06. The Morgan fingerprint density at radius 1 is 0.327 bits per heavy atom. The maximum atomic E-state index is 6.25. The van der Waals surface area contributed by atoms with Crippen LogP contribution in [0.15, 0.2) is 168 Å². The van der Waals surface area contributed by atoms with Gasteiger partial charge >= 0.3 is 0 Å². The first-order valence-corrected chi connectivity index (χ1v) is 19.5. The zero-order chi connectivity index (χ0) is 36.3. The molecule has 0 aliphatic rings. The highest BCUT2D eigenvalue weighted by molar-refractivity contribution is 7.22. The molecule has 0 radical (unpaired) electrons. The zero-order valence-corrected chi connectivity index (χ0v) is 30.7. The third-order valence-electron chi connectivity index (χ3n) is 9.77. The van der Waals surface area contributed by atoms with E-state index in [1.54, 1.807) is 22.7 Å². The minimum Gasteiger partial charge on any atom is -0.456 e. The summed E-state index contributed by atoms with van der Waals surface area (Å²) in [4.78, 5) is 25.2. The topological polar surface area (TPSA) is 77.6 Å². The van der Waals surface area contributed by atoms with E-state index in [4.69, 9.17) is 29.3 Å². The largest absolute Gasteiger partial charge is 0.456 e. The van der Waals surface area contributed by atoms with E-state index >= 15 is 0 Å². The predicted octanol–water partition coefficient (Wildman–Crippen LogP) is 13.0. The van der Waals surface area contributed by atoms with E-state index in [0.717, 1.165) is 91.3 Å². The van der Waals surface area contributed by atoms with Gasteiger partial charge in [0, 0.05) is 38.6 Å². The summed E-state index contributed by atoms with van der Waals surface area (Å²) in [6.45, 7) is 0. The minimum atomic E-state index is 0.576. The summed E-state index contributed by atoms with van der Waals surface area (Å²) in [6.07, 6.45) is 0. The second kappa shape index (κ2) is 12.9. The molecule has 55 heavy (non-hydrogen) atoms. The molecule has 0 N–H and O–H groups in total. The van der Waals surface area contributed by atoms with E-state index in [1.165, 1.54) is 0 Å². The van der Waals surface area contributed by atoms with Gasteiger partial charge in [-0.15, -0.1) is 22.7 Å². The summed E-state index contributed by atoms with van der Waals surface area (Å²) in [5.74, 6) is 1.77. The highest BCUT2D eigenvalue weighted by Gasteiger charge is 2.17. The molecule has 0 atom stereocenters. The van der Waals surface area contributed by atoms with Crippen LogP contribution in [0.25, 0.3) is 109 Å². The lowest BCUT2D eigenvalue weighted by Gasteiger charge is -2.11. The average molecular weight is 742 g/mol. The Kier molecular flexibility index (Phi) is 7.43. The van der Waals surface area contributed by atoms with E-state index in [2.05, 4.69) is 97.1 Å². The Morgan fingerprint density at radius 3 is 1.53 bits per heavy atom. The molecule has 0 unspecified atom stereocenters. The minimum absolute atomic E-state index is 0.576. The number of aromatic nitrogens is 5. The quantitative estimate of drug-likeness (QED) is 0.169. The third-order valence-corrected chi connectivity index (χ3v) is 11.9. The summed E-state index contributed by atoms with van der Waals surface area (Å²) < 4.78 is 8.56. The molecule has 258 valence electrons. The van der Waals surface area contributed by atoms with Gasteiger partial charge in [0.2, 0.25) is 0 Å². The van der Waals surface area contributed by atoms with Crippen LogP contribution in [0.2, 0.25) is 0 Å². The molecule has 0 fully saturated rings. The van der Waals surface area contributed by atoms with Crippen molar-refractivity contribution in [3.05, 3.63) is 164 Å². The smallest absolute Gasteiger partial charge is 0.164 e. The number of rotatable bonds is 6. The molecule has 0 spiro atoms. The first-order chi connectivity index (χ1) is 27.2. The van der Waals surface area contributed by atoms with E-state index in [9.17, 15) is 0 Å². The number of thiazole rings is 2. The summed E-state index contributed by atoms with van der Waals surface area (Å²) in [5, 5.41) is 4.08. The van der Waals surface area contributed by atoms with Crippen LogP contribution in [0.5, 0.6) is 0 Å². The van der Waals surface area contributed by atoms with Crippen LogP contribution in [-0.2, 0) is 0 Å². The molecule has 0 amide bonds. The average Bonchev–Trinajstić information content (AvgIpc) is 3.99. The lowest BCUT2D eigenvalue weighted by atomic mass is 9.98. The maximum absolute atomic E-state index is 6.25. The number of nitrogens with zero attached hydrogens (tertiary/aromatic N) is 5. The van der Waals surface area contributed by atoms with Crippen molar-refractivity contribution in [1.82, 2.24) is 24.9 Å². The maximum Gasteiger partial charge on any atom is 0.164 e. The molecular formula is C47H27N5OS2. The Bertz CT molecular complexity index is 3080. The standard InChI is InChI=1S/C47H27N5OS2/c1-2-11-28(12-3-1)43-50-44(52-45(51-43)31-21-22-36-35-15-4-7-18-39(35)53-40(36)27-31)30-14-10-13-29(23-30)32-24-33(46-48-37-16-5-8-19-41(37)54-46)26-34(25-32)47-49-38-17-6-9-20-42(38)55-47/h1-27H. The van der Waals surface area contributed by atoms with Crippen molar-refractivity contribution in [2.45, 2.75) is 0 Å². The fourth-order valence-corrected chi connectivity index (χ4v) is 8.99. The van der Waals surface area contributed by atoms with Gasteiger partial charge in [-0.1, -0.05) is 97.1 Å². The normalized spacial score (nSPS) is 11.6. The summed E-state index contributed by atoms with van der Waals surface area (Å²) in [6, 6.07) is 56.0. The number of para-hydroxylation sites is 3. The van der Waals surface area contributed by atoms with Gasteiger partial charge in [-0.25, -0.2) is 24.9 Å². The number of hydrogen-bond acceptors (Lipinski definition) is 8. The number of hydrogen-bond donors (Lipinski definition) is 0. The summed E-state index contributed by atoms with van der Waals surface area (Å²) in [5.41, 5.74) is 10.5. The summed E-state index contributed by atoms with van der Waals surface area (Å²) >= 11 is 3.40. The van der Waals surface area contributed by atoms with Crippen LogP contribution in [-0.4, -0.2) is 24.9 Å². The van der Waals surface area contributed by atoms with Gasteiger partial charge in [0.1, 0.15) is 21.2 Å². The number of benzene rings is 7. The van der Waals surface area contributed by atoms with Crippen LogP contribution in [0.1, 0.15) is 0 Å². The Morgan fingerprint density at radius 2 is 0.836 bits per heavy atom. The van der Waals surface area contributed by atoms with Gasteiger partial charge < -0.3 is 4.42 Å². The molecule has 0 aliphatic heterocycles. The van der Waals surface area contributed by atoms with Crippen molar-refractivity contribution in [3.8, 4) is 66.4 Å². The zero-order valence-electron chi connectivity index (χ0n) is 29.0. The SMILES string of the molecule is c1ccc(-c2nc(-c3cccc(-c4cc(-c5nc6ccccc6s5)cc(-c5nc6ccccc6s5)c4)c3)nc(-c3ccc4c(c3)oc3ccccc34)n2)cc1. The highest BCUT2D eigenvalue weighted by Crippen LogP contribution is 2.39. The fourth-order valence-electron chi connectivity index (χ4n) is 7.09. The predicted molar refractivity (Wildman–Crippen MR) is 226 cm³/mol.